The Morgan fingerprint density at radius 1 is 1.43 bits per heavy atom. The molecule has 0 bridgehead atoms. The van der Waals surface area contributed by atoms with Crippen molar-refractivity contribution in [2.24, 2.45) is 0 Å². The number of halogens is 2. The molecule has 1 aromatic carbocycles. The molecule has 0 spiro atoms. The van der Waals surface area contributed by atoms with Crippen LogP contribution in [-0.4, -0.2) is 38.4 Å². The van der Waals surface area contributed by atoms with Crippen molar-refractivity contribution in [3.63, 3.8) is 0 Å². The molecule has 1 aromatic rings. The Labute approximate surface area is 132 Å². The van der Waals surface area contributed by atoms with Crippen LogP contribution in [0.3, 0.4) is 0 Å². The van der Waals surface area contributed by atoms with E-state index < -0.39 is 15.8 Å². The molecule has 21 heavy (non-hydrogen) atoms. The van der Waals surface area contributed by atoms with Crippen LogP contribution in [-0.2, 0) is 10.0 Å². The third-order valence-electron chi connectivity index (χ3n) is 3.63. The topological polar surface area (TPSA) is 49.4 Å². The van der Waals surface area contributed by atoms with E-state index in [0.29, 0.717) is 25.1 Å². The van der Waals surface area contributed by atoms with Crippen molar-refractivity contribution in [3.05, 3.63) is 29.6 Å². The van der Waals surface area contributed by atoms with Crippen molar-refractivity contribution in [2.75, 3.05) is 19.6 Å². The number of sulfonamides is 1. The summed E-state index contributed by atoms with van der Waals surface area (Å²) in [5, 5.41) is 3.16. The van der Waals surface area contributed by atoms with Crippen molar-refractivity contribution < 1.29 is 12.8 Å². The van der Waals surface area contributed by atoms with E-state index in [9.17, 15) is 12.8 Å². The highest BCUT2D eigenvalue weighted by atomic mass is 35.5. The van der Waals surface area contributed by atoms with Gasteiger partial charge in [0.25, 0.3) is 0 Å². The second-order valence-electron chi connectivity index (χ2n) is 5.15. The first-order chi connectivity index (χ1) is 9.48. The summed E-state index contributed by atoms with van der Waals surface area (Å²) >= 11 is 0. The molecule has 4 nitrogen and oxygen atoms in total. The fourth-order valence-corrected chi connectivity index (χ4v) is 4.44. The molecule has 120 valence electrons. The number of hydrogen-bond donors (Lipinski definition) is 1. The van der Waals surface area contributed by atoms with E-state index in [1.807, 2.05) is 6.92 Å². The maximum atomic E-state index is 14.2. The first kappa shape index (κ1) is 18.4. The number of nitrogens with zero attached hydrogens (tertiary/aromatic N) is 1. The van der Waals surface area contributed by atoms with Gasteiger partial charge in [-0.05, 0) is 37.9 Å². The quantitative estimate of drug-likeness (QED) is 0.897. The third kappa shape index (κ3) is 3.74. The van der Waals surface area contributed by atoms with Crippen LogP contribution in [0, 0.1) is 12.7 Å². The second kappa shape index (κ2) is 7.54. The van der Waals surface area contributed by atoms with Gasteiger partial charge in [-0.3, -0.25) is 0 Å². The highest BCUT2D eigenvalue weighted by Crippen LogP contribution is 2.25. The summed E-state index contributed by atoms with van der Waals surface area (Å²) in [6.45, 7) is 5.36. The average Bonchev–Trinajstić information content (AvgIpc) is 2.92. The minimum absolute atomic E-state index is 0. The van der Waals surface area contributed by atoms with Crippen molar-refractivity contribution in [2.45, 2.75) is 37.6 Å². The summed E-state index contributed by atoms with van der Waals surface area (Å²) < 4.78 is 41.1. The standard InChI is InChI=1S/C14H21FN2O2S.ClH/c1-3-9-17(12-7-8-16-10-12)20(18,19)13-6-4-5-11(2)14(13)15;/h4-6,12,16H,3,7-10H2,1-2H3;1H. The van der Waals surface area contributed by atoms with Crippen LogP contribution >= 0.6 is 12.4 Å². The van der Waals surface area contributed by atoms with E-state index in [4.69, 9.17) is 0 Å². The Balaban J connectivity index is 0.00000220. The molecule has 1 N–H and O–H groups in total. The van der Waals surface area contributed by atoms with Gasteiger partial charge in [0.15, 0.2) is 0 Å². The monoisotopic (exact) mass is 336 g/mol. The molecule has 1 saturated heterocycles. The predicted molar refractivity (Wildman–Crippen MR) is 83.8 cm³/mol. The van der Waals surface area contributed by atoms with Crippen molar-refractivity contribution in [1.29, 1.82) is 0 Å². The van der Waals surface area contributed by atoms with Crippen LogP contribution in [0.4, 0.5) is 4.39 Å². The van der Waals surface area contributed by atoms with Crippen LogP contribution in [0.15, 0.2) is 23.1 Å². The second-order valence-corrected chi connectivity index (χ2v) is 7.01. The van der Waals surface area contributed by atoms with Crippen LogP contribution in [0.1, 0.15) is 25.3 Å². The zero-order chi connectivity index (χ0) is 14.8. The van der Waals surface area contributed by atoms with Gasteiger partial charge in [-0.15, -0.1) is 12.4 Å². The van der Waals surface area contributed by atoms with Gasteiger partial charge in [0.2, 0.25) is 10.0 Å². The van der Waals surface area contributed by atoms with Gasteiger partial charge >= 0.3 is 0 Å². The highest BCUT2D eigenvalue weighted by Gasteiger charge is 2.34. The summed E-state index contributed by atoms with van der Waals surface area (Å²) in [5.74, 6) is -0.639. The molecule has 1 fully saturated rings. The maximum absolute atomic E-state index is 14.2. The Morgan fingerprint density at radius 3 is 2.71 bits per heavy atom. The summed E-state index contributed by atoms with van der Waals surface area (Å²) in [6, 6.07) is 4.43. The minimum Gasteiger partial charge on any atom is -0.315 e. The van der Waals surface area contributed by atoms with E-state index in [2.05, 4.69) is 5.32 Å². The van der Waals surface area contributed by atoms with Gasteiger partial charge in [0, 0.05) is 19.1 Å². The molecule has 2 rings (SSSR count). The Morgan fingerprint density at radius 2 is 2.14 bits per heavy atom. The molecule has 0 radical (unpaired) electrons. The summed E-state index contributed by atoms with van der Waals surface area (Å²) in [4.78, 5) is -0.210. The van der Waals surface area contributed by atoms with Gasteiger partial charge in [-0.25, -0.2) is 12.8 Å². The summed E-state index contributed by atoms with van der Waals surface area (Å²) in [7, 11) is -3.78. The zero-order valence-electron chi connectivity index (χ0n) is 12.3. The highest BCUT2D eigenvalue weighted by molar-refractivity contribution is 7.89. The third-order valence-corrected chi connectivity index (χ3v) is 5.60. The molecule has 1 aliphatic heterocycles. The molecule has 0 aliphatic carbocycles. The van der Waals surface area contributed by atoms with Gasteiger partial charge in [0.05, 0.1) is 0 Å². The molecule has 1 heterocycles. The molecule has 7 heteroatoms. The molecule has 1 atom stereocenters. The number of nitrogens with one attached hydrogen (secondary N) is 1. The molecular weight excluding hydrogens is 315 g/mol. The Kier molecular flexibility index (Phi) is 6.59. The van der Waals surface area contributed by atoms with E-state index in [1.54, 1.807) is 19.1 Å². The van der Waals surface area contributed by atoms with Crippen LogP contribution < -0.4 is 5.32 Å². The number of benzene rings is 1. The smallest absolute Gasteiger partial charge is 0.246 e. The van der Waals surface area contributed by atoms with Gasteiger partial charge in [-0.1, -0.05) is 19.1 Å². The molecule has 1 unspecified atom stereocenters. The number of hydrogen-bond acceptors (Lipinski definition) is 3. The normalized spacial score (nSPS) is 18.8. The van der Waals surface area contributed by atoms with Gasteiger partial charge < -0.3 is 5.32 Å². The summed E-state index contributed by atoms with van der Waals surface area (Å²) in [6.07, 6.45) is 1.48. The lowest BCUT2D eigenvalue weighted by Crippen LogP contribution is -2.42. The van der Waals surface area contributed by atoms with E-state index in [1.165, 1.54) is 10.4 Å². The van der Waals surface area contributed by atoms with E-state index in [-0.39, 0.29) is 23.3 Å². The molecular formula is C14H22ClFN2O2S. The first-order valence-corrected chi connectivity index (χ1v) is 8.40. The van der Waals surface area contributed by atoms with Crippen LogP contribution in [0.2, 0.25) is 0 Å². The van der Waals surface area contributed by atoms with Crippen LogP contribution in [0.25, 0.3) is 0 Å². The lowest BCUT2D eigenvalue weighted by atomic mass is 10.2. The Hall–Kier alpha value is -0.690. The first-order valence-electron chi connectivity index (χ1n) is 6.96. The van der Waals surface area contributed by atoms with E-state index in [0.717, 1.165) is 13.0 Å². The van der Waals surface area contributed by atoms with Gasteiger partial charge in [0.1, 0.15) is 10.7 Å². The SMILES string of the molecule is CCCN(C1CCNC1)S(=O)(=O)c1cccc(C)c1F.Cl. The molecule has 0 amide bonds. The van der Waals surface area contributed by atoms with Crippen molar-refractivity contribution in [1.82, 2.24) is 9.62 Å². The molecule has 1 aliphatic rings. The predicted octanol–water partition coefficient (Wildman–Crippen LogP) is 2.32. The zero-order valence-corrected chi connectivity index (χ0v) is 13.9. The molecule has 0 aromatic heterocycles. The average molecular weight is 337 g/mol. The largest absolute Gasteiger partial charge is 0.315 e. The number of aryl methyl sites for hydroxylation is 1. The Bertz CT molecular complexity index is 574. The lowest BCUT2D eigenvalue weighted by molar-refractivity contribution is 0.333. The molecule has 0 saturated carbocycles. The van der Waals surface area contributed by atoms with Crippen molar-refractivity contribution in [3.8, 4) is 0 Å². The van der Waals surface area contributed by atoms with Crippen molar-refractivity contribution >= 4 is 22.4 Å². The fourth-order valence-electron chi connectivity index (χ4n) is 2.55. The lowest BCUT2D eigenvalue weighted by Gasteiger charge is -2.27. The van der Waals surface area contributed by atoms with Crippen LogP contribution in [0.5, 0.6) is 0 Å². The summed E-state index contributed by atoms with van der Waals surface area (Å²) in [5.41, 5.74) is 0.354. The number of rotatable bonds is 5. The van der Waals surface area contributed by atoms with E-state index >= 15 is 0 Å². The van der Waals surface area contributed by atoms with Gasteiger partial charge in [-0.2, -0.15) is 4.31 Å². The maximum Gasteiger partial charge on any atom is 0.246 e. The minimum atomic E-state index is -3.78. The fraction of sp³-hybridized carbons (Fsp3) is 0.571.